The largest absolute Gasteiger partial charge is 0.497 e. The van der Waals surface area contributed by atoms with Crippen molar-refractivity contribution >= 4 is 17.3 Å². The van der Waals surface area contributed by atoms with E-state index in [0.29, 0.717) is 16.9 Å². The fraction of sp³-hybridized carbons (Fsp3) is 0.0909. The van der Waals surface area contributed by atoms with Crippen molar-refractivity contribution in [2.24, 2.45) is 0 Å². The van der Waals surface area contributed by atoms with Gasteiger partial charge in [-0.3, -0.25) is 19.7 Å². The number of benzene rings is 3. The third-order valence-electron chi connectivity index (χ3n) is 4.24. The van der Waals surface area contributed by atoms with Gasteiger partial charge in [-0.2, -0.15) is 0 Å². The van der Waals surface area contributed by atoms with Crippen LogP contribution in [0, 0.1) is 10.1 Å². The lowest BCUT2D eigenvalue weighted by Crippen LogP contribution is -2.03. The molecule has 0 bridgehead atoms. The van der Waals surface area contributed by atoms with Gasteiger partial charge in [0.15, 0.2) is 11.6 Å². The van der Waals surface area contributed by atoms with E-state index in [2.05, 4.69) is 0 Å². The van der Waals surface area contributed by atoms with Crippen LogP contribution in [-0.2, 0) is 0 Å². The summed E-state index contributed by atoms with van der Waals surface area (Å²) in [6.07, 6.45) is 0. The van der Waals surface area contributed by atoms with Crippen LogP contribution >= 0.6 is 0 Å². The van der Waals surface area contributed by atoms with Crippen LogP contribution in [-0.4, -0.2) is 23.6 Å². The van der Waals surface area contributed by atoms with E-state index >= 15 is 0 Å². The van der Waals surface area contributed by atoms with Gasteiger partial charge in [-0.25, -0.2) is 0 Å². The van der Waals surface area contributed by atoms with E-state index < -0.39 is 4.92 Å². The van der Waals surface area contributed by atoms with Crippen molar-refractivity contribution in [2.75, 3.05) is 7.11 Å². The molecule has 7 nitrogen and oxygen atoms in total. The number of ether oxygens (including phenoxy) is 2. The molecular weight excluding hydrogens is 374 g/mol. The maximum Gasteiger partial charge on any atom is 0.312 e. The Kier molecular flexibility index (Phi) is 5.69. The zero-order valence-corrected chi connectivity index (χ0v) is 15.7. The lowest BCUT2D eigenvalue weighted by molar-refractivity contribution is -0.385. The number of methoxy groups -OCH3 is 1. The molecule has 0 unspecified atom stereocenters. The number of nitro benzene ring substituents is 1. The second-order valence-electron chi connectivity index (χ2n) is 6.18. The summed E-state index contributed by atoms with van der Waals surface area (Å²) in [6, 6.07) is 16.8. The fourth-order valence-corrected chi connectivity index (χ4v) is 2.70. The van der Waals surface area contributed by atoms with E-state index in [9.17, 15) is 19.7 Å². The van der Waals surface area contributed by atoms with Crippen LogP contribution in [0.3, 0.4) is 0 Å². The number of carbonyl (C=O) groups is 2. The van der Waals surface area contributed by atoms with Gasteiger partial charge in [0.1, 0.15) is 11.5 Å². The van der Waals surface area contributed by atoms with Crippen LogP contribution in [0.1, 0.15) is 33.2 Å². The molecule has 0 N–H and O–H groups in total. The minimum atomic E-state index is -0.616. The van der Waals surface area contributed by atoms with E-state index in [1.807, 2.05) is 0 Å². The van der Waals surface area contributed by atoms with Crippen LogP contribution in [0.2, 0.25) is 0 Å². The van der Waals surface area contributed by atoms with E-state index in [4.69, 9.17) is 9.47 Å². The molecule has 0 fully saturated rings. The molecule has 0 aliphatic rings. The molecule has 0 aromatic heterocycles. The normalized spacial score (nSPS) is 10.3. The highest BCUT2D eigenvalue weighted by Crippen LogP contribution is 2.33. The second kappa shape index (κ2) is 8.35. The zero-order valence-electron chi connectivity index (χ0n) is 15.7. The number of ketones is 2. The minimum absolute atomic E-state index is 0.0259. The van der Waals surface area contributed by atoms with Gasteiger partial charge in [0, 0.05) is 22.8 Å². The maximum atomic E-state index is 12.7. The second-order valence-corrected chi connectivity index (χ2v) is 6.18. The first kappa shape index (κ1) is 19.8. The molecule has 29 heavy (non-hydrogen) atoms. The molecule has 0 spiro atoms. The van der Waals surface area contributed by atoms with Crippen molar-refractivity contribution < 1.29 is 24.0 Å². The summed E-state index contributed by atoms with van der Waals surface area (Å²) >= 11 is 0. The van der Waals surface area contributed by atoms with Crippen molar-refractivity contribution in [3.8, 4) is 17.2 Å². The van der Waals surface area contributed by atoms with Crippen LogP contribution in [0.15, 0.2) is 66.7 Å². The summed E-state index contributed by atoms with van der Waals surface area (Å²) in [4.78, 5) is 35.1. The molecule has 3 rings (SSSR count). The number of carbonyl (C=O) groups excluding carboxylic acids is 2. The van der Waals surface area contributed by atoms with Gasteiger partial charge in [0.25, 0.3) is 0 Å². The van der Waals surface area contributed by atoms with Gasteiger partial charge in [0.05, 0.1) is 12.0 Å². The Morgan fingerprint density at radius 3 is 2.17 bits per heavy atom. The fourth-order valence-electron chi connectivity index (χ4n) is 2.70. The molecule has 0 atom stereocenters. The lowest BCUT2D eigenvalue weighted by Gasteiger charge is -2.09. The highest BCUT2D eigenvalue weighted by atomic mass is 16.6. The Hall–Kier alpha value is -4.00. The molecule has 0 saturated carbocycles. The summed E-state index contributed by atoms with van der Waals surface area (Å²) in [5.41, 5.74) is 0.615. The van der Waals surface area contributed by atoms with Crippen molar-refractivity contribution in [1.82, 2.24) is 0 Å². The molecular formula is C22H17NO6. The Morgan fingerprint density at radius 1 is 0.862 bits per heavy atom. The highest BCUT2D eigenvalue weighted by Gasteiger charge is 2.20. The van der Waals surface area contributed by atoms with Crippen molar-refractivity contribution in [1.29, 1.82) is 0 Å². The Labute approximate surface area is 166 Å². The van der Waals surface area contributed by atoms with Crippen LogP contribution < -0.4 is 9.47 Å². The minimum Gasteiger partial charge on any atom is -0.497 e. The molecule has 0 aliphatic carbocycles. The van der Waals surface area contributed by atoms with E-state index in [1.54, 1.807) is 42.5 Å². The lowest BCUT2D eigenvalue weighted by atomic mass is 10.0. The van der Waals surface area contributed by atoms with Crippen LogP contribution in [0.4, 0.5) is 5.69 Å². The summed E-state index contributed by atoms with van der Waals surface area (Å²) in [7, 11) is 1.52. The molecule has 0 aliphatic heterocycles. The molecule has 0 radical (unpaired) electrons. The van der Waals surface area contributed by atoms with Gasteiger partial charge in [-0.1, -0.05) is 12.1 Å². The van der Waals surface area contributed by atoms with Crippen LogP contribution in [0.5, 0.6) is 17.2 Å². The van der Waals surface area contributed by atoms with Crippen molar-refractivity contribution in [3.05, 3.63) is 93.5 Å². The first-order valence-electron chi connectivity index (χ1n) is 8.65. The number of hydrogen-bond acceptors (Lipinski definition) is 6. The topological polar surface area (TPSA) is 95.7 Å². The third kappa shape index (κ3) is 4.47. The molecule has 3 aromatic carbocycles. The SMILES string of the molecule is COc1ccc(C(=O)c2ccc(Oc3cccc(C(C)=O)c3)c([N+](=O)[O-])c2)cc1. The Bertz CT molecular complexity index is 1090. The van der Waals surface area contributed by atoms with Gasteiger partial charge < -0.3 is 9.47 Å². The van der Waals surface area contributed by atoms with Crippen molar-refractivity contribution in [3.63, 3.8) is 0 Å². The van der Waals surface area contributed by atoms with E-state index in [1.165, 1.54) is 38.3 Å². The number of hydrogen-bond donors (Lipinski definition) is 0. The first-order chi connectivity index (χ1) is 13.9. The molecule has 146 valence electrons. The number of nitrogens with zero attached hydrogens (tertiary/aromatic N) is 1. The quantitative estimate of drug-likeness (QED) is 0.325. The average molecular weight is 391 g/mol. The summed E-state index contributed by atoms with van der Waals surface area (Å²) in [5, 5.41) is 11.5. The third-order valence-corrected chi connectivity index (χ3v) is 4.24. The van der Waals surface area contributed by atoms with Crippen LogP contribution in [0.25, 0.3) is 0 Å². The van der Waals surface area contributed by atoms with E-state index in [0.717, 1.165) is 0 Å². The average Bonchev–Trinajstić information content (AvgIpc) is 2.73. The zero-order chi connectivity index (χ0) is 21.0. The molecule has 3 aromatic rings. The molecule has 0 saturated heterocycles. The Balaban J connectivity index is 1.92. The standard InChI is InChI=1S/C22H17NO6/c1-14(24)16-4-3-5-19(12-16)29-21-11-8-17(13-20(21)23(26)27)22(25)15-6-9-18(28-2)10-7-15/h3-13H,1-2H3. The maximum absolute atomic E-state index is 12.7. The molecule has 7 heteroatoms. The van der Waals surface area contributed by atoms with Crippen molar-refractivity contribution in [2.45, 2.75) is 6.92 Å². The first-order valence-corrected chi connectivity index (χ1v) is 8.65. The summed E-state index contributed by atoms with van der Waals surface area (Å²) < 4.78 is 10.7. The predicted octanol–water partition coefficient (Wildman–Crippen LogP) is 4.83. The van der Waals surface area contributed by atoms with E-state index in [-0.39, 0.29) is 34.3 Å². The number of Topliss-reactive ketones (excluding diaryl/α,β-unsaturated/α-hetero) is 1. The van der Waals surface area contributed by atoms with Gasteiger partial charge in [-0.15, -0.1) is 0 Å². The van der Waals surface area contributed by atoms with Gasteiger partial charge in [-0.05, 0) is 55.5 Å². The molecule has 0 heterocycles. The number of rotatable bonds is 7. The monoisotopic (exact) mass is 391 g/mol. The Morgan fingerprint density at radius 2 is 1.55 bits per heavy atom. The number of nitro groups is 1. The summed E-state index contributed by atoms with van der Waals surface area (Å²) in [5.74, 6) is 0.354. The van der Waals surface area contributed by atoms with Gasteiger partial charge >= 0.3 is 5.69 Å². The van der Waals surface area contributed by atoms with Gasteiger partial charge in [0.2, 0.25) is 5.75 Å². The molecule has 0 amide bonds. The predicted molar refractivity (Wildman–Crippen MR) is 106 cm³/mol. The summed E-state index contributed by atoms with van der Waals surface area (Å²) in [6.45, 7) is 1.42. The highest BCUT2D eigenvalue weighted by molar-refractivity contribution is 6.09. The smallest absolute Gasteiger partial charge is 0.312 e.